The van der Waals surface area contributed by atoms with E-state index >= 15 is 0 Å². The lowest BCUT2D eigenvalue weighted by molar-refractivity contribution is 0.420. The molecule has 0 fully saturated rings. The van der Waals surface area contributed by atoms with E-state index in [1.54, 1.807) is 12.1 Å². The minimum atomic E-state index is -0.555. The minimum Gasteiger partial charge on any atom is -0.434 e. The van der Waals surface area contributed by atoms with Gasteiger partial charge < -0.3 is 10.5 Å². The van der Waals surface area contributed by atoms with Gasteiger partial charge in [-0.05, 0) is 12.5 Å². The molecule has 0 bridgehead atoms. The molecular formula is C13H14Cl2FN3O. The summed E-state index contributed by atoms with van der Waals surface area (Å²) in [5.74, 6) is -0.403. The van der Waals surface area contributed by atoms with Gasteiger partial charge in [0.2, 0.25) is 5.88 Å². The lowest BCUT2D eigenvalue weighted by Crippen LogP contribution is -2.11. The van der Waals surface area contributed by atoms with Crippen molar-refractivity contribution in [2.24, 2.45) is 5.73 Å². The second kappa shape index (κ2) is 7.38. The van der Waals surface area contributed by atoms with Crippen LogP contribution in [0.2, 0.25) is 5.02 Å². The average molecular weight is 318 g/mol. The maximum absolute atomic E-state index is 14.3. The highest BCUT2D eigenvalue weighted by Crippen LogP contribution is 2.35. The molecule has 0 amide bonds. The van der Waals surface area contributed by atoms with Gasteiger partial charge in [0, 0.05) is 23.9 Å². The first kappa shape index (κ1) is 16.6. The van der Waals surface area contributed by atoms with E-state index in [0.29, 0.717) is 12.0 Å². The van der Waals surface area contributed by atoms with Crippen LogP contribution in [0.1, 0.15) is 24.9 Å². The molecule has 2 N–H and O–H groups in total. The Hall–Kier alpha value is -1.43. The van der Waals surface area contributed by atoms with Crippen molar-refractivity contribution in [3.05, 3.63) is 47.1 Å². The standard InChI is InChI=1S/C13H13ClFN3O.ClH/c1-2-10(16)8-3-4-9(14)13(12(8)15)19-11-5-6-17-7-18-11;/h3-7,10H,2,16H2,1H3;1H/t10-;/m1./s1. The van der Waals surface area contributed by atoms with Gasteiger partial charge in [-0.15, -0.1) is 12.4 Å². The molecule has 0 aliphatic rings. The summed E-state index contributed by atoms with van der Waals surface area (Å²) in [5.41, 5.74) is 6.21. The quantitative estimate of drug-likeness (QED) is 0.929. The minimum absolute atomic E-state index is 0. The molecule has 20 heavy (non-hydrogen) atoms. The highest BCUT2D eigenvalue weighted by atomic mass is 35.5. The van der Waals surface area contributed by atoms with Crippen LogP contribution in [0.25, 0.3) is 0 Å². The summed E-state index contributed by atoms with van der Waals surface area (Å²) < 4.78 is 19.7. The molecule has 0 aliphatic carbocycles. The van der Waals surface area contributed by atoms with Gasteiger partial charge in [0.05, 0.1) is 5.02 Å². The first-order chi connectivity index (χ1) is 9.13. The molecule has 4 nitrogen and oxygen atoms in total. The molecular weight excluding hydrogens is 304 g/mol. The van der Waals surface area contributed by atoms with E-state index in [9.17, 15) is 4.39 Å². The smallest absolute Gasteiger partial charge is 0.222 e. The van der Waals surface area contributed by atoms with Crippen molar-refractivity contribution < 1.29 is 9.13 Å². The van der Waals surface area contributed by atoms with Crippen molar-refractivity contribution in [2.45, 2.75) is 19.4 Å². The van der Waals surface area contributed by atoms with Crippen LogP contribution < -0.4 is 10.5 Å². The fraction of sp³-hybridized carbons (Fsp3) is 0.231. The zero-order valence-corrected chi connectivity index (χ0v) is 12.3. The number of nitrogens with two attached hydrogens (primary N) is 1. The monoisotopic (exact) mass is 317 g/mol. The van der Waals surface area contributed by atoms with Crippen LogP contribution in [-0.2, 0) is 0 Å². The van der Waals surface area contributed by atoms with Crippen molar-refractivity contribution >= 4 is 24.0 Å². The lowest BCUT2D eigenvalue weighted by atomic mass is 10.0. The van der Waals surface area contributed by atoms with Crippen molar-refractivity contribution in [3.63, 3.8) is 0 Å². The van der Waals surface area contributed by atoms with Crippen LogP contribution in [0.4, 0.5) is 4.39 Å². The predicted octanol–water partition coefficient (Wildman–Crippen LogP) is 3.89. The normalized spacial score (nSPS) is 11.6. The van der Waals surface area contributed by atoms with Gasteiger partial charge in [-0.3, -0.25) is 0 Å². The van der Waals surface area contributed by atoms with Crippen LogP contribution >= 0.6 is 24.0 Å². The number of rotatable bonds is 4. The van der Waals surface area contributed by atoms with E-state index in [2.05, 4.69) is 9.97 Å². The third-order valence-electron chi connectivity index (χ3n) is 2.68. The zero-order valence-electron chi connectivity index (χ0n) is 10.7. The molecule has 2 aromatic rings. The van der Waals surface area contributed by atoms with E-state index in [0.717, 1.165) is 0 Å². The summed E-state index contributed by atoms with van der Waals surface area (Å²) in [6.07, 6.45) is 3.42. The van der Waals surface area contributed by atoms with Crippen LogP contribution in [0, 0.1) is 5.82 Å². The fourth-order valence-electron chi connectivity index (χ4n) is 1.59. The number of ether oxygens (including phenoxy) is 1. The third kappa shape index (κ3) is 3.56. The largest absolute Gasteiger partial charge is 0.434 e. The first-order valence-electron chi connectivity index (χ1n) is 5.80. The maximum Gasteiger partial charge on any atom is 0.222 e. The highest BCUT2D eigenvalue weighted by Gasteiger charge is 2.18. The Morgan fingerprint density at radius 1 is 1.40 bits per heavy atom. The summed E-state index contributed by atoms with van der Waals surface area (Å²) in [6, 6.07) is 4.25. The second-order valence-corrected chi connectivity index (χ2v) is 4.35. The van der Waals surface area contributed by atoms with Gasteiger partial charge in [0.1, 0.15) is 6.33 Å². The number of hydrogen-bond acceptors (Lipinski definition) is 4. The maximum atomic E-state index is 14.3. The molecule has 108 valence electrons. The Labute approximate surface area is 127 Å². The molecule has 1 atom stereocenters. The molecule has 1 heterocycles. The Morgan fingerprint density at radius 2 is 2.15 bits per heavy atom. The van der Waals surface area contributed by atoms with E-state index < -0.39 is 11.9 Å². The Morgan fingerprint density at radius 3 is 2.75 bits per heavy atom. The summed E-state index contributed by atoms with van der Waals surface area (Å²) in [6.45, 7) is 1.88. The molecule has 7 heteroatoms. The molecule has 1 aromatic heterocycles. The average Bonchev–Trinajstić information content (AvgIpc) is 2.44. The van der Waals surface area contributed by atoms with Gasteiger partial charge in [0.15, 0.2) is 11.6 Å². The van der Waals surface area contributed by atoms with Crippen molar-refractivity contribution in [1.82, 2.24) is 9.97 Å². The van der Waals surface area contributed by atoms with Crippen molar-refractivity contribution in [1.29, 1.82) is 0 Å². The van der Waals surface area contributed by atoms with E-state index in [1.165, 1.54) is 18.6 Å². The number of benzene rings is 1. The van der Waals surface area contributed by atoms with Gasteiger partial charge in [-0.2, -0.15) is 0 Å². The third-order valence-corrected chi connectivity index (χ3v) is 2.98. The zero-order chi connectivity index (χ0) is 13.8. The second-order valence-electron chi connectivity index (χ2n) is 3.94. The summed E-state index contributed by atoms with van der Waals surface area (Å²) >= 11 is 5.95. The Balaban J connectivity index is 0.00000200. The summed E-state index contributed by atoms with van der Waals surface area (Å²) in [7, 11) is 0. The number of nitrogens with zero attached hydrogens (tertiary/aromatic N) is 2. The first-order valence-corrected chi connectivity index (χ1v) is 6.18. The molecule has 0 unspecified atom stereocenters. The Bertz CT molecular complexity index is 569. The van der Waals surface area contributed by atoms with E-state index in [4.69, 9.17) is 22.1 Å². The SMILES string of the molecule is CC[C@@H](N)c1ccc(Cl)c(Oc2ccncn2)c1F.Cl. The lowest BCUT2D eigenvalue weighted by Gasteiger charge is -2.14. The van der Waals surface area contributed by atoms with Crippen LogP contribution in [0.15, 0.2) is 30.7 Å². The van der Waals surface area contributed by atoms with Gasteiger partial charge in [0.25, 0.3) is 0 Å². The molecule has 0 radical (unpaired) electrons. The molecule has 0 saturated heterocycles. The summed E-state index contributed by atoms with van der Waals surface area (Å²) in [5, 5.41) is 0.170. The fourth-order valence-corrected chi connectivity index (χ4v) is 1.78. The molecule has 0 saturated carbocycles. The molecule has 2 rings (SSSR count). The molecule has 0 spiro atoms. The number of hydrogen-bond donors (Lipinski definition) is 1. The van der Waals surface area contributed by atoms with Crippen molar-refractivity contribution in [2.75, 3.05) is 0 Å². The van der Waals surface area contributed by atoms with Crippen LogP contribution in [0.3, 0.4) is 0 Å². The van der Waals surface area contributed by atoms with Crippen molar-refractivity contribution in [3.8, 4) is 11.6 Å². The van der Waals surface area contributed by atoms with Gasteiger partial charge >= 0.3 is 0 Å². The van der Waals surface area contributed by atoms with Gasteiger partial charge in [-0.1, -0.05) is 24.6 Å². The summed E-state index contributed by atoms with van der Waals surface area (Å²) in [4.78, 5) is 7.61. The van der Waals surface area contributed by atoms with Crippen LogP contribution in [-0.4, -0.2) is 9.97 Å². The number of halogens is 3. The van der Waals surface area contributed by atoms with Crippen LogP contribution in [0.5, 0.6) is 11.6 Å². The molecule has 0 aliphatic heterocycles. The van der Waals surface area contributed by atoms with Gasteiger partial charge in [-0.25, -0.2) is 14.4 Å². The number of aromatic nitrogens is 2. The predicted molar refractivity (Wildman–Crippen MR) is 78.0 cm³/mol. The highest BCUT2D eigenvalue weighted by molar-refractivity contribution is 6.32. The van der Waals surface area contributed by atoms with E-state index in [-0.39, 0.29) is 29.1 Å². The topological polar surface area (TPSA) is 61.0 Å². The Kier molecular flexibility index (Phi) is 6.13. The molecule has 1 aromatic carbocycles. The van der Waals surface area contributed by atoms with E-state index in [1.807, 2.05) is 6.92 Å².